The number of likely N-dealkylation sites (tertiary alicyclic amines) is 1. The summed E-state index contributed by atoms with van der Waals surface area (Å²) in [6.45, 7) is 1.71. The third-order valence-electron chi connectivity index (χ3n) is 2.92. The zero-order valence-electron chi connectivity index (χ0n) is 9.00. The van der Waals surface area contributed by atoms with Gasteiger partial charge < -0.3 is 10.6 Å². The molecule has 1 aliphatic carbocycles. The van der Waals surface area contributed by atoms with Crippen molar-refractivity contribution in [3.05, 3.63) is 0 Å². The van der Waals surface area contributed by atoms with Crippen LogP contribution in [0, 0.1) is 0 Å². The van der Waals surface area contributed by atoms with E-state index in [0.29, 0.717) is 0 Å². The Morgan fingerprint density at radius 1 is 0.786 bits per heavy atom. The van der Waals surface area contributed by atoms with Crippen LogP contribution in [-0.4, -0.2) is 24.0 Å². The Hall–Kier alpha value is -0.730. The Balaban J connectivity index is 0.000000146. The number of rotatable bonds is 0. The van der Waals surface area contributed by atoms with Crippen LogP contribution in [0.15, 0.2) is 0 Å². The van der Waals surface area contributed by atoms with Gasteiger partial charge in [-0.1, -0.05) is 38.5 Å². The molecule has 1 saturated heterocycles. The molecule has 2 N–H and O–H groups in total. The van der Waals surface area contributed by atoms with E-state index < -0.39 is 0 Å². The fraction of sp³-hybridized carbons (Fsp3) is 0.909. The van der Waals surface area contributed by atoms with E-state index in [1.54, 1.807) is 4.90 Å². The van der Waals surface area contributed by atoms with Crippen LogP contribution in [0.5, 0.6) is 0 Å². The van der Waals surface area contributed by atoms with Gasteiger partial charge in [0.25, 0.3) is 0 Å². The molecule has 0 aromatic heterocycles. The average molecular weight is 198 g/mol. The quantitative estimate of drug-likeness (QED) is 0.638. The van der Waals surface area contributed by atoms with Gasteiger partial charge in [-0.2, -0.15) is 0 Å². The van der Waals surface area contributed by atoms with Crippen molar-refractivity contribution in [3.63, 3.8) is 0 Å². The fourth-order valence-electron chi connectivity index (χ4n) is 2.00. The molecule has 0 radical (unpaired) electrons. The second-order valence-corrected chi connectivity index (χ2v) is 4.15. The van der Waals surface area contributed by atoms with Crippen molar-refractivity contribution in [2.75, 3.05) is 13.1 Å². The van der Waals surface area contributed by atoms with Gasteiger partial charge in [0.05, 0.1) is 0 Å². The van der Waals surface area contributed by atoms with Crippen LogP contribution in [0.3, 0.4) is 0 Å². The monoisotopic (exact) mass is 198 g/mol. The smallest absolute Gasteiger partial charge is 0.314 e. The van der Waals surface area contributed by atoms with E-state index in [-0.39, 0.29) is 6.03 Å². The Kier molecular flexibility index (Phi) is 5.42. The number of amides is 2. The number of nitrogens with zero attached hydrogens (tertiary/aromatic N) is 1. The zero-order valence-corrected chi connectivity index (χ0v) is 9.00. The van der Waals surface area contributed by atoms with Crippen molar-refractivity contribution in [1.29, 1.82) is 0 Å². The summed E-state index contributed by atoms with van der Waals surface area (Å²) in [5, 5.41) is 0. The SMILES string of the molecule is C1CCCCC1.NC(=O)N1CCCC1. The summed E-state index contributed by atoms with van der Waals surface area (Å²) < 4.78 is 0. The summed E-state index contributed by atoms with van der Waals surface area (Å²) in [4.78, 5) is 12.0. The minimum absolute atomic E-state index is 0.275. The van der Waals surface area contributed by atoms with Crippen molar-refractivity contribution >= 4 is 6.03 Å². The van der Waals surface area contributed by atoms with Crippen molar-refractivity contribution in [3.8, 4) is 0 Å². The number of nitrogens with two attached hydrogens (primary N) is 1. The van der Waals surface area contributed by atoms with Gasteiger partial charge in [0.15, 0.2) is 0 Å². The van der Waals surface area contributed by atoms with Crippen LogP contribution in [-0.2, 0) is 0 Å². The molecular formula is C11H22N2O. The third kappa shape index (κ3) is 4.49. The van der Waals surface area contributed by atoms with Crippen molar-refractivity contribution < 1.29 is 4.79 Å². The van der Waals surface area contributed by atoms with Crippen LogP contribution >= 0.6 is 0 Å². The van der Waals surface area contributed by atoms with Crippen LogP contribution in [0.4, 0.5) is 4.79 Å². The van der Waals surface area contributed by atoms with Gasteiger partial charge in [-0.05, 0) is 12.8 Å². The van der Waals surface area contributed by atoms with E-state index >= 15 is 0 Å². The molecule has 2 aliphatic rings. The van der Waals surface area contributed by atoms with Crippen molar-refractivity contribution in [1.82, 2.24) is 4.90 Å². The lowest BCUT2D eigenvalue weighted by atomic mass is 10.0. The molecule has 2 fully saturated rings. The molecule has 0 atom stereocenters. The van der Waals surface area contributed by atoms with E-state index in [9.17, 15) is 4.79 Å². The number of hydrogen-bond donors (Lipinski definition) is 1. The van der Waals surface area contributed by atoms with E-state index in [2.05, 4.69) is 0 Å². The number of urea groups is 1. The maximum atomic E-state index is 10.3. The molecule has 0 aromatic carbocycles. The molecule has 2 rings (SSSR count). The van der Waals surface area contributed by atoms with Crippen LogP contribution in [0.1, 0.15) is 51.4 Å². The number of carbonyl (C=O) groups excluding carboxylic acids is 1. The number of hydrogen-bond acceptors (Lipinski definition) is 1. The molecular weight excluding hydrogens is 176 g/mol. The first kappa shape index (κ1) is 11.3. The molecule has 82 valence electrons. The summed E-state index contributed by atoms with van der Waals surface area (Å²) in [7, 11) is 0. The zero-order chi connectivity index (χ0) is 10.2. The molecule has 2 amide bonds. The van der Waals surface area contributed by atoms with Gasteiger partial charge in [0.1, 0.15) is 0 Å². The molecule has 14 heavy (non-hydrogen) atoms. The molecule has 3 nitrogen and oxygen atoms in total. The molecule has 1 aliphatic heterocycles. The van der Waals surface area contributed by atoms with Gasteiger partial charge in [0.2, 0.25) is 0 Å². The van der Waals surface area contributed by atoms with Gasteiger partial charge >= 0.3 is 6.03 Å². The Bertz CT molecular complexity index is 149. The third-order valence-corrected chi connectivity index (χ3v) is 2.92. The normalized spacial score (nSPS) is 21.3. The van der Waals surface area contributed by atoms with E-state index in [4.69, 9.17) is 5.73 Å². The van der Waals surface area contributed by atoms with E-state index in [0.717, 1.165) is 25.9 Å². The highest BCUT2D eigenvalue weighted by atomic mass is 16.2. The summed E-state index contributed by atoms with van der Waals surface area (Å²) in [5.41, 5.74) is 4.98. The lowest BCUT2D eigenvalue weighted by Crippen LogP contribution is -2.32. The van der Waals surface area contributed by atoms with Gasteiger partial charge in [-0.15, -0.1) is 0 Å². The lowest BCUT2D eigenvalue weighted by Gasteiger charge is -2.09. The second-order valence-electron chi connectivity index (χ2n) is 4.15. The van der Waals surface area contributed by atoms with Crippen LogP contribution in [0.25, 0.3) is 0 Å². The van der Waals surface area contributed by atoms with E-state index in [1.165, 1.54) is 38.5 Å². The summed E-state index contributed by atoms with van der Waals surface area (Å²) in [5.74, 6) is 0. The first-order valence-electron chi connectivity index (χ1n) is 5.85. The van der Waals surface area contributed by atoms with Crippen molar-refractivity contribution in [2.45, 2.75) is 51.4 Å². The molecule has 0 spiro atoms. The molecule has 0 aromatic rings. The number of primary amides is 1. The highest BCUT2D eigenvalue weighted by Gasteiger charge is 2.13. The Labute approximate surface area is 86.6 Å². The van der Waals surface area contributed by atoms with Gasteiger partial charge in [-0.3, -0.25) is 0 Å². The standard InChI is InChI=1S/C6H12.C5H10N2O/c1-2-4-6-5-3-1;6-5(8)7-3-1-2-4-7/h1-6H2;1-4H2,(H2,6,8). The topological polar surface area (TPSA) is 46.3 Å². The molecule has 1 heterocycles. The summed E-state index contributed by atoms with van der Waals surface area (Å²) in [6.07, 6.45) is 11.2. The summed E-state index contributed by atoms with van der Waals surface area (Å²) in [6, 6.07) is -0.275. The highest BCUT2D eigenvalue weighted by molar-refractivity contribution is 5.72. The van der Waals surface area contributed by atoms with Crippen molar-refractivity contribution in [2.24, 2.45) is 5.73 Å². The summed E-state index contributed by atoms with van der Waals surface area (Å²) >= 11 is 0. The first-order chi connectivity index (χ1) is 6.80. The predicted molar refractivity (Wildman–Crippen MR) is 58.1 cm³/mol. The fourth-order valence-corrected chi connectivity index (χ4v) is 2.00. The van der Waals surface area contributed by atoms with Gasteiger partial charge in [0, 0.05) is 13.1 Å². The molecule has 0 bridgehead atoms. The van der Waals surface area contributed by atoms with Gasteiger partial charge in [-0.25, -0.2) is 4.79 Å². The first-order valence-corrected chi connectivity index (χ1v) is 5.85. The van der Waals surface area contributed by atoms with Crippen LogP contribution in [0.2, 0.25) is 0 Å². The maximum Gasteiger partial charge on any atom is 0.314 e. The predicted octanol–water partition coefficient (Wildman–Crippen LogP) is 2.50. The lowest BCUT2D eigenvalue weighted by molar-refractivity contribution is 0.218. The number of carbonyl (C=O) groups is 1. The Morgan fingerprint density at radius 3 is 1.36 bits per heavy atom. The highest BCUT2D eigenvalue weighted by Crippen LogP contribution is 2.15. The average Bonchev–Trinajstić information content (AvgIpc) is 2.74. The molecule has 1 saturated carbocycles. The maximum absolute atomic E-state index is 10.3. The minimum atomic E-state index is -0.275. The molecule has 0 unspecified atom stereocenters. The molecule has 3 heteroatoms. The second kappa shape index (κ2) is 6.68. The van der Waals surface area contributed by atoms with Crippen LogP contribution < -0.4 is 5.73 Å². The largest absolute Gasteiger partial charge is 0.351 e. The minimum Gasteiger partial charge on any atom is -0.351 e. The van der Waals surface area contributed by atoms with E-state index in [1.807, 2.05) is 0 Å². The Morgan fingerprint density at radius 2 is 1.14 bits per heavy atom.